The smallest absolute Gasteiger partial charge is 0.126 e. The molecule has 0 fully saturated rings. The summed E-state index contributed by atoms with van der Waals surface area (Å²) in [6.45, 7) is 0. The number of hydrogen-bond donors (Lipinski definition) is 2. The van der Waals surface area contributed by atoms with Crippen LogP contribution < -0.4 is 11.3 Å². The van der Waals surface area contributed by atoms with Gasteiger partial charge in [-0.25, -0.2) is 4.39 Å². The highest BCUT2D eigenvalue weighted by Crippen LogP contribution is 2.23. The van der Waals surface area contributed by atoms with E-state index in [2.05, 4.69) is 27.4 Å². The van der Waals surface area contributed by atoms with Crippen molar-refractivity contribution in [3.8, 4) is 0 Å². The van der Waals surface area contributed by atoms with Crippen LogP contribution in [0, 0.1) is 5.82 Å². The van der Waals surface area contributed by atoms with Gasteiger partial charge < -0.3 is 0 Å². The SMILES string of the molecule is NNC(CSc1cccc(Br)c1)Cc1ccccc1F. The van der Waals surface area contributed by atoms with E-state index in [0.717, 1.165) is 15.1 Å². The van der Waals surface area contributed by atoms with E-state index >= 15 is 0 Å². The topological polar surface area (TPSA) is 38.0 Å². The van der Waals surface area contributed by atoms with Crippen molar-refractivity contribution in [3.63, 3.8) is 0 Å². The predicted octanol–water partition coefficient (Wildman–Crippen LogP) is 3.75. The highest BCUT2D eigenvalue weighted by molar-refractivity contribution is 9.10. The molecule has 2 aromatic rings. The summed E-state index contributed by atoms with van der Waals surface area (Å²) in [5.41, 5.74) is 3.45. The van der Waals surface area contributed by atoms with Crippen LogP contribution in [0.1, 0.15) is 5.56 Å². The van der Waals surface area contributed by atoms with Crippen LogP contribution in [-0.2, 0) is 6.42 Å². The minimum atomic E-state index is -0.180. The fourth-order valence-corrected chi connectivity index (χ4v) is 3.39. The standard InChI is InChI=1S/C15H16BrFN2S/c16-12-5-3-6-14(9-12)20-10-13(19-18)8-11-4-1-2-7-15(11)17/h1-7,9,13,19H,8,10,18H2. The lowest BCUT2D eigenvalue weighted by Crippen LogP contribution is -2.38. The molecule has 0 spiro atoms. The Morgan fingerprint density at radius 3 is 2.70 bits per heavy atom. The van der Waals surface area contributed by atoms with E-state index in [1.807, 2.05) is 24.3 Å². The number of hydrazine groups is 1. The summed E-state index contributed by atoms with van der Waals surface area (Å²) in [7, 11) is 0. The third kappa shape index (κ3) is 4.59. The van der Waals surface area contributed by atoms with Crippen LogP contribution in [0.2, 0.25) is 0 Å². The molecule has 0 aliphatic heterocycles. The number of benzene rings is 2. The molecule has 1 unspecified atom stereocenters. The molecule has 0 amide bonds. The molecule has 3 N–H and O–H groups in total. The lowest BCUT2D eigenvalue weighted by molar-refractivity contribution is 0.546. The molecule has 0 aromatic heterocycles. The van der Waals surface area contributed by atoms with Crippen molar-refractivity contribution >= 4 is 27.7 Å². The maximum Gasteiger partial charge on any atom is 0.126 e. The Kier molecular flexibility index (Phi) is 6.04. The van der Waals surface area contributed by atoms with E-state index < -0.39 is 0 Å². The molecular weight excluding hydrogens is 339 g/mol. The second-order valence-corrected chi connectivity index (χ2v) is 6.44. The third-order valence-electron chi connectivity index (χ3n) is 2.91. The molecule has 0 aliphatic carbocycles. The van der Waals surface area contributed by atoms with Crippen LogP contribution in [0.15, 0.2) is 57.9 Å². The van der Waals surface area contributed by atoms with Gasteiger partial charge in [0.15, 0.2) is 0 Å². The summed E-state index contributed by atoms with van der Waals surface area (Å²) in [6.07, 6.45) is 0.574. The Balaban J connectivity index is 1.94. The van der Waals surface area contributed by atoms with Gasteiger partial charge in [0.05, 0.1) is 0 Å². The van der Waals surface area contributed by atoms with Gasteiger partial charge in [-0.05, 0) is 36.2 Å². The first-order valence-electron chi connectivity index (χ1n) is 6.27. The van der Waals surface area contributed by atoms with E-state index in [0.29, 0.717) is 12.0 Å². The van der Waals surface area contributed by atoms with E-state index in [-0.39, 0.29) is 11.9 Å². The Hall–Kier alpha value is -0.880. The minimum absolute atomic E-state index is 0.0240. The number of halogens is 2. The van der Waals surface area contributed by atoms with Crippen molar-refractivity contribution in [3.05, 3.63) is 64.4 Å². The van der Waals surface area contributed by atoms with Crippen molar-refractivity contribution < 1.29 is 4.39 Å². The first-order chi connectivity index (χ1) is 9.69. The first-order valence-corrected chi connectivity index (χ1v) is 8.05. The predicted molar refractivity (Wildman–Crippen MR) is 86.1 cm³/mol. The van der Waals surface area contributed by atoms with E-state index in [1.165, 1.54) is 6.07 Å². The molecule has 0 bridgehead atoms. The van der Waals surface area contributed by atoms with Gasteiger partial charge >= 0.3 is 0 Å². The quantitative estimate of drug-likeness (QED) is 0.471. The molecule has 0 heterocycles. The molecule has 0 radical (unpaired) electrons. The van der Waals surface area contributed by atoms with Crippen molar-refractivity contribution in [2.24, 2.45) is 5.84 Å². The fraction of sp³-hybridized carbons (Fsp3) is 0.200. The molecule has 2 nitrogen and oxygen atoms in total. The monoisotopic (exact) mass is 354 g/mol. The maximum absolute atomic E-state index is 13.6. The molecule has 1 atom stereocenters. The number of nitrogens with one attached hydrogen (secondary N) is 1. The lowest BCUT2D eigenvalue weighted by Gasteiger charge is -2.16. The number of thioether (sulfide) groups is 1. The van der Waals surface area contributed by atoms with E-state index in [9.17, 15) is 4.39 Å². The Morgan fingerprint density at radius 1 is 1.20 bits per heavy atom. The summed E-state index contributed by atoms with van der Waals surface area (Å²) in [4.78, 5) is 1.16. The summed E-state index contributed by atoms with van der Waals surface area (Å²) >= 11 is 5.14. The number of hydrogen-bond acceptors (Lipinski definition) is 3. The molecule has 2 aromatic carbocycles. The van der Waals surface area contributed by atoms with Gasteiger partial charge in [-0.2, -0.15) is 0 Å². The summed E-state index contributed by atoms with van der Waals surface area (Å²) < 4.78 is 14.7. The Labute approximate surface area is 131 Å². The number of nitrogens with two attached hydrogens (primary N) is 1. The molecule has 0 saturated heterocycles. The van der Waals surface area contributed by atoms with E-state index in [4.69, 9.17) is 5.84 Å². The van der Waals surface area contributed by atoms with Gasteiger partial charge in [-0.3, -0.25) is 11.3 Å². The van der Waals surface area contributed by atoms with Crippen LogP contribution in [-0.4, -0.2) is 11.8 Å². The molecule has 5 heteroatoms. The highest BCUT2D eigenvalue weighted by atomic mass is 79.9. The lowest BCUT2D eigenvalue weighted by atomic mass is 10.1. The second kappa shape index (κ2) is 7.78. The van der Waals surface area contributed by atoms with Crippen LogP contribution in [0.5, 0.6) is 0 Å². The van der Waals surface area contributed by atoms with Crippen molar-refractivity contribution in [2.45, 2.75) is 17.4 Å². The van der Waals surface area contributed by atoms with Gasteiger partial charge in [-0.1, -0.05) is 40.2 Å². The van der Waals surface area contributed by atoms with Crippen LogP contribution in [0.4, 0.5) is 4.39 Å². The average Bonchev–Trinajstić information content (AvgIpc) is 2.45. The largest absolute Gasteiger partial charge is 0.271 e. The van der Waals surface area contributed by atoms with Gasteiger partial charge in [0.25, 0.3) is 0 Å². The van der Waals surface area contributed by atoms with Crippen molar-refractivity contribution in [1.82, 2.24) is 5.43 Å². The van der Waals surface area contributed by atoms with Gasteiger partial charge in [-0.15, -0.1) is 11.8 Å². The molecular formula is C15H16BrFN2S. The van der Waals surface area contributed by atoms with Crippen molar-refractivity contribution in [1.29, 1.82) is 0 Å². The molecule has 0 aliphatic rings. The van der Waals surface area contributed by atoms with Gasteiger partial charge in [0.2, 0.25) is 0 Å². The normalized spacial score (nSPS) is 12.3. The Bertz CT molecular complexity index is 565. The van der Waals surface area contributed by atoms with Crippen LogP contribution in [0.25, 0.3) is 0 Å². The molecule has 106 valence electrons. The van der Waals surface area contributed by atoms with Gasteiger partial charge in [0, 0.05) is 21.2 Å². The number of rotatable bonds is 6. The zero-order chi connectivity index (χ0) is 14.4. The molecule has 0 saturated carbocycles. The maximum atomic E-state index is 13.6. The average molecular weight is 355 g/mol. The Morgan fingerprint density at radius 2 is 2.00 bits per heavy atom. The second-order valence-electron chi connectivity index (χ2n) is 4.43. The summed E-state index contributed by atoms with van der Waals surface area (Å²) in [5, 5.41) is 0. The molecule has 20 heavy (non-hydrogen) atoms. The summed E-state index contributed by atoms with van der Waals surface area (Å²) in [5.74, 6) is 6.17. The zero-order valence-electron chi connectivity index (χ0n) is 10.9. The van der Waals surface area contributed by atoms with Crippen LogP contribution >= 0.6 is 27.7 Å². The fourth-order valence-electron chi connectivity index (χ4n) is 1.85. The summed E-state index contributed by atoms with van der Waals surface area (Å²) in [6, 6.07) is 14.9. The third-order valence-corrected chi connectivity index (χ3v) is 4.56. The van der Waals surface area contributed by atoms with Crippen LogP contribution in [0.3, 0.4) is 0 Å². The van der Waals surface area contributed by atoms with E-state index in [1.54, 1.807) is 23.9 Å². The first kappa shape index (κ1) is 15.5. The van der Waals surface area contributed by atoms with Gasteiger partial charge in [0.1, 0.15) is 5.82 Å². The van der Waals surface area contributed by atoms with Crippen molar-refractivity contribution in [2.75, 3.05) is 5.75 Å². The zero-order valence-corrected chi connectivity index (χ0v) is 13.3. The minimum Gasteiger partial charge on any atom is -0.271 e. The molecule has 2 rings (SSSR count). The highest BCUT2D eigenvalue weighted by Gasteiger charge is 2.11.